The third-order valence-electron chi connectivity index (χ3n) is 1.88. The lowest BCUT2D eigenvalue weighted by Gasteiger charge is -1.94. The molecule has 0 saturated carbocycles. The summed E-state index contributed by atoms with van der Waals surface area (Å²) in [4.78, 5) is 11.3. The zero-order valence-corrected chi connectivity index (χ0v) is 8.04. The molecule has 1 heterocycles. The Bertz CT molecular complexity index is 431. The molecule has 2 aromatic rings. The van der Waals surface area contributed by atoms with Crippen LogP contribution in [0.5, 0.6) is 0 Å². The van der Waals surface area contributed by atoms with Gasteiger partial charge in [0, 0.05) is 5.39 Å². The number of nitrogens with one attached hydrogen (secondary N) is 1. The van der Waals surface area contributed by atoms with Crippen molar-refractivity contribution in [1.29, 1.82) is 0 Å². The van der Waals surface area contributed by atoms with Crippen molar-refractivity contribution >= 4 is 28.5 Å². The number of furan rings is 1. The molecule has 3 nitrogen and oxygen atoms in total. The van der Waals surface area contributed by atoms with Gasteiger partial charge in [0.05, 0.1) is 6.00 Å². The van der Waals surface area contributed by atoms with Crippen LogP contribution in [0.2, 0.25) is 0 Å². The van der Waals surface area contributed by atoms with E-state index in [-0.39, 0.29) is 17.7 Å². The highest BCUT2D eigenvalue weighted by molar-refractivity contribution is 6.19. The molecular weight excluding hydrogens is 202 g/mol. The second-order valence-corrected chi connectivity index (χ2v) is 3.06. The Morgan fingerprint density at radius 2 is 2.21 bits per heavy atom. The quantitative estimate of drug-likeness (QED) is 0.610. The van der Waals surface area contributed by atoms with Gasteiger partial charge in [0.25, 0.3) is 5.91 Å². The van der Waals surface area contributed by atoms with Crippen molar-refractivity contribution in [2.75, 3.05) is 6.00 Å². The average Bonchev–Trinajstić information content (AvgIpc) is 2.61. The van der Waals surface area contributed by atoms with Crippen molar-refractivity contribution in [3.05, 3.63) is 36.1 Å². The van der Waals surface area contributed by atoms with Gasteiger partial charge in [0.1, 0.15) is 5.58 Å². The van der Waals surface area contributed by atoms with Gasteiger partial charge < -0.3 is 9.73 Å². The lowest BCUT2D eigenvalue weighted by atomic mass is 10.2. The SMILES string of the molecule is O=C(NCCl)c1cc2ccccc2o1. The minimum absolute atomic E-state index is 0.0792. The van der Waals surface area contributed by atoms with Gasteiger partial charge in [-0.2, -0.15) is 0 Å². The van der Waals surface area contributed by atoms with Gasteiger partial charge in [0.15, 0.2) is 5.76 Å². The Morgan fingerprint density at radius 1 is 1.43 bits per heavy atom. The van der Waals surface area contributed by atoms with Gasteiger partial charge in [-0.15, -0.1) is 11.6 Å². The van der Waals surface area contributed by atoms with Gasteiger partial charge >= 0.3 is 0 Å². The fourth-order valence-electron chi connectivity index (χ4n) is 1.24. The largest absolute Gasteiger partial charge is 0.451 e. The summed E-state index contributed by atoms with van der Waals surface area (Å²) in [5.41, 5.74) is 0.701. The second-order valence-electron chi connectivity index (χ2n) is 2.79. The smallest absolute Gasteiger partial charge is 0.287 e. The fourth-order valence-corrected chi connectivity index (χ4v) is 1.36. The van der Waals surface area contributed by atoms with Crippen molar-refractivity contribution in [1.82, 2.24) is 5.32 Å². The molecule has 0 fully saturated rings. The summed E-state index contributed by atoms with van der Waals surface area (Å²) in [6, 6.07) is 9.21. The number of carbonyl (C=O) groups excluding carboxylic acids is 1. The van der Waals surface area contributed by atoms with Crippen LogP contribution in [0.15, 0.2) is 34.7 Å². The van der Waals surface area contributed by atoms with E-state index in [2.05, 4.69) is 5.32 Å². The third-order valence-corrected chi connectivity index (χ3v) is 2.01. The van der Waals surface area contributed by atoms with Gasteiger partial charge in [-0.3, -0.25) is 4.79 Å². The Labute approximate surface area is 85.7 Å². The molecule has 1 aromatic carbocycles. The Hall–Kier alpha value is -1.48. The molecule has 0 aliphatic rings. The first-order chi connectivity index (χ1) is 6.81. The van der Waals surface area contributed by atoms with Crippen LogP contribution in [0.25, 0.3) is 11.0 Å². The highest BCUT2D eigenvalue weighted by Crippen LogP contribution is 2.18. The van der Waals surface area contributed by atoms with Gasteiger partial charge in [0.2, 0.25) is 0 Å². The van der Waals surface area contributed by atoms with E-state index in [0.29, 0.717) is 5.58 Å². The maximum atomic E-state index is 11.3. The molecule has 0 aliphatic carbocycles. The summed E-state index contributed by atoms with van der Waals surface area (Å²) in [7, 11) is 0. The van der Waals surface area contributed by atoms with E-state index in [1.165, 1.54) is 0 Å². The first-order valence-corrected chi connectivity index (χ1v) is 4.67. The molecule has 0 saturated heterocycles. The number of para-hydroxylation sites is 1. The van der Waals surface area contributed by atoms with Crippen molar-refractivity contribution in [3.8, 4) is 0 Å². The molecule has 1 N–H and O–H groups in total. The molecule has 0 bridgehead atoms. The Morgan fingerprint density at radius 3 is 2.93 bits per heavy atom. The van der Waals surface area contributed by atoms with E-state index < -0.39 is 0 Å². The number of amides is 1. The lowest BCUT2D eigenvalue weighted by molar-refractivity contribution is 0.0935. The normalized spacial score (nSPS) is 10.4. The molecule has 1 aromatic heterocycles. The predicted octanol–water partition coefficient (Wildman–Crippen LogP) is 2.36. The van der Waals surface area contributed by atoms with Crippen LogP contribution in [0.4, 0.5) is 0 Å². The van der Waals surface area contributed by atoms with Crippen LogP contribution in [0, 0.1) is 0 Å². The van der Waals surface area contributed by atoms with Crippen LogP contribution in [0.1, 0.15) is 10.6 Å². The van der Waals surface area contributed by atoms with Crippen molar-refractivity contribution in [2.24, 2.45) is 0 Å². The standard InChI is InChI=1S/C10H8ClNO2/c11-6-12-10(13)9-5-7-3-1-2-4-8(7)14-9/h1-5H,6H2,(H,12,13). The van der Waals surface area contributed by atoms with Crippen LogP contribution in [0.3, 0.4) is 0 Å². The number of carbonyl (C=O) groups is 1. The van der Waals surface area contributed by atoms with E-state index in [1.54, 1.807) is 6.07 Å². The topological polar surface area (TPSA) is 42.2 Å². The fraction of sp³-hybridized carbons (Fsp3) is 0.100. The summed E-state index contributed by atoms with van der Waals surface area (Å²) in [5, 5.41) is 3.36. The van der Waals surface area contributed by atoms with Crippen LogP contribution in [-0.4, -0.2) is 11.9 Å². The molecule has 4 heteroatoms. The molecule has 0 radical (unpaired) electrons. The zero-order chi connectivity index (χ0) is 9.97. The molecular formula is C10H8ClNO2. The highest BCUT2D eigenvalue weighted by Gasteiger charge is 2.10. The molecule has 14 heavy (non-hydrogen) atoms. The maximum Gasteiger partial charge on any atom is 0.287 e. The monoisotopic (exact) mass is 209 g/mol. The van der Waals surface area contributed by atoms with E-state index >= 15 is 0 Å². The first-order valence-electron chi connectivity index (χ1n) is 4.14. The molecule has 1 amide bonds. The second kappa shape index (κ2) is 3.72. The van der Waals surface area contributed by atoms with E-state index in [4.69, 9.17) is 16.0 Å². The van der Waals surface area contributed by atoms with E-state index in [1.807, 2.05) is 24.3 Å². The number of benzene rings is 1. The van der Waals surface area contributed by atoms with E-state index in [0.717, 1.165) is 5.39 Å². The van der Waals surface area contributed by atoms with Crippen molar-refractivity contribution in [3.63, 3.8) is 0 Å². The number of hydrogen-bond acceptors (Lipinski definition) is 2. The number of rotatable bonds is 2. The molecule has 72 valence electrons. The number of fused-ring (bicyclic) bond motifs is 1. The van der Waals surface area contributed by atoms with Gasteiger partial charge in [-0.1, -0.05) is 18.2 Å². The van der Waals surface area contributed by atoms with Crippen molar-refractivity contribution < 1.29 is 9.21 Å². The Kier molecular flexibility index (Phi) is 2.41. The first kappa shape index (κ1) is 9.09. The summed E-state index contributed by atoms with van der Waals surface area (Å²) in [6.07, 6.45) is 0. The molecule has 0 aliphatic heterocycles. The summed E-state index contributed by atoms with van der Waals surface area (Å²) in [6.45, 7) is 0. The molecule has 0 spiro atoms. The van der Waals surface area contributed by atoms with Gasteiger partial charge in [-0.25, -0.2) is 0 Å². The van der Waals surface area contributed by atoms with Crippen LogP contribution < -0.4 is 5.32 Å². The third kappa shape index (κ3) is 1.59. The minimum Gasteiger partial charge on any atom is -0.451 e. The molecule has 0 atom stereocenters. The van der Waals surface area contributed by atoms with Crippen molar-refractivity contribution in [2.45, 2.75) is 0 Å². The maximum absolute atomic E-state index is 11.3. The zero-order valence-electron chi connectivity index (χ0n) is 7.29. The number of hydrogen-bond donors (Lipinski definition) is 1. The highest BCUT2D eigenvalue weighted by atomic mass is 35.5. The number of halogens is 1. The Balaban J connectivity index is 2.40. The number of alkyl halides is 1. The minimum atomic E-state index is -0.295. The van der Waals surface area contributed by atoms with Crippen LogP contribution >= 0.6 is 11.6 Å². The molecule has 2 rings (SSSR count). The predicted molar refractivity (Wildman–Crippen MR) is 54.4 cm³/mol. The van der Waals surface area contributed by atoms with E-state index in [9.17, 15) is 4.79 Å². The van der Waals surface area contributed by atoms with Crippen LogP contribution in [-0.2, 0) is 0 Å². The molecule has 0 unspecified atom stereocenters. The summed E-state index contributed by atoms with van der Waals surface area (Å²) >= 11 is 5.37. The van der Waals surface area contributed by atoms with Gasteiger partial charge in [-0.05, 0) is 12.1 Å². The summed E-state index contributed by atoms with van der Waals surface area (Å²) < 4.78 is 5.31. The average molecular weight is 210 g/mol. The lowest BCUT2D eigenvalue weighted by Crippen LogP contribution is -2.20. The summed E-state index contributed by atoms with van der Waals surface area (Å²) in [5.74, 6) is -0.0111.